The SMILES string of the molecule is CC1CN(C2CCC(O)C2)CC1N(C)C. The molecule has 0 aromatic rings. The van der Waals surface area contributed by atoms with Crippen molar-refractivity contribution in [3.05, 3.63) is 0 Å². The zero-order valence-electron chi connectivity index (χ0n) is 10.2. The Morgan fingerprint density at radius 1 is 1.20 bits per heavy atom. The highest BCUT2D eigenvalue weighted by Gasteiger charge is 2.37. The van der Waals surface area contributed by atoms with Gasteiger partial charge in [-0.25, -0.2) is 0 Å². The van der Waals surface area contributed by atoms with E-state index in [1.54, 1.807) is 0 Å². The summed E-state index contributed by atoms with van der Waals surface area (Å²) in [4.78, 5) is 4.93. The van der Waals surface area contributed by atoms with Gasteiger partial charge in [-0.3, -0.25) is 4.90 Å². The van der Waals surface area contributed by atoms with Gasteiger partial charge in [0.15, 0.2) is 0 Å². The van der Waals surface area contributed by atoms with E-state index >= 15 is 0 Å². The Labute approximate surface area is 93.1 Å². The Morgan fingerprint density at radius 3 is 2.40 bits per heavy atom. The van der Waals surface area contributed by atoms with Crippen LogP contribution in [0.15, 0.2) is 0 Å². The van der Waals surface area contributed by atoms with Gasteiger partial charge in [0.25, 0.3) is 0 Å². The predicted molar refractivity (Wildman–Crippen MR) is 61.9 cm³/mol. The molecule has 3 nitrogen and oxygen atoms in total. The molecule has 0 bridgehead atoms. The number of hydrogen-bond donors (Lipinski definition) is 1. The van der Waals surface area contributed by atoms with E-state index in [-0.39, 0.29) is 6.10 Å². The molecule has 2 fully saturated rings. The largest absolute Gasteiger partial charge is 0.393 e. The molecule has 1 N–H and O–H groups in total. The predicted octanol–water partition coefficient (Wildman–Crippen LogP) is 0.782. The molecule has 0 amide bonds. The number of nitrogens with zero attached hydrogens (tertiary/aromatic N) is 2. The number of likely N-dealkylation sites (tertiary alicyclic amines) is 1. The number of likely N-dealkylation sites (N-methyl/N-ethyl adjacent to an activating group) is 1. The third-order valence-corrected chi connectivity index (χ3v) is 4.16. The monoisotopic (exact) mass is 212 g/mol. The Bertz CT molecular complexity index is 220. The van der Waals surface area contributed by atoms with Crippen LogP contribution in [0.3, 0.4) is 0 Å². The number of rotatable bonds is 2. The summed E-state index contributed by atoms with van der Waals surface area (Å²) < 4.78 is 0. The quantitative estimate of drug-likeness (QED) is 0.733. The highest BCUT2D eigenvalue weighted by atomic mass is 16.3. The van der Waals surface area contributed by atoms with E-state index in [0.717, 1.165) is 18.8 Å². The van der Waals surface area contributed by atoms with E-state index < -0.39 is 0 Å². The second-order valence-corrected chi connectivity index (χ2v) is 5.58. The van der Waals surface area contributed by atoms with Crippen LogP contribution in [-0.2, 0) is 0 Å². The van der Waals surface area contributed by atoms with Crippen LogP contribution in [0.25, 0.3) is 0 Å². The van der Waals surface area contributed by atoms with Crippen molar-refractivity contribution < 1.29 is 5.11 Å². The first-order valence-corrected chi connectivity index (χ1v) is 6.16. The summed E-state index contributed by atoms with van der Waals surface area (Å²) in [6, 6.07) is 1.34. The Hall–Kier alpha value is -0.120. The van der Waals surface area contributed by atoms with Gasteiger partial charge in [-0.2, -0.15) is 0 Å². The second kappa shape index (κ2) is 4.40. The highest BCUT2D eigenvalue weighted by molar-refractivity contribution is 4.92. The van der Waals surface area contributed by atoms with Gasteiger partial charge in [-0.05, 0) is 39.3 Å². The molecule has 1 aliphatic heterocycles. The van der Waals surface area contributed by atoms with Crippen molar-refractivity contribution in [3.63, 3.8) is 0 Å². The second-order valence-electron chi connectivity index (χ2n) is 5.58. The first-order valence-electron chi connectivity index (χ1n) is 6.16. The maximum atomic E-state index is 9.56. The number of aliphatic hydroxyl groups is 1. The average Bonchev–Trinajstić information content (AvgIpc) is 2.71. The highest BCUT2D eigenvalue weighted by Crippen LogP contribution is 2.30. The molecule has 2 rings (SSSR count). The van der Waals surface area contributed by atoms with Gasteiger partial charge in [-0.15, -0.1) is 0 Å². The normalized spacial score (nSPS) is 43.0. The van der Waals surface area contributed by atoms with Crippen molar-refractivity contribution in [1.29, 1.82) is 0 Å². The van der Waals surface area contributed by atoms with E-state index in [9.17, 15) is 5.11 Å². The van der Waals surface area contributed by atoms with E-state index in [4.69, 9.17) is 0 Å². The van der Waals surface area contributed by atoms with Crippen molar-refractivity contribution in [2.75, 3.05) is 27.2 Å². The van der Waals surface area contributed by atoms with E-state index in [2.05, 4.69) is 30.8 Å². The maximum Gasteiger partial charge on any atom is 0.0555 e. The standard InChI is InChI=1S/C12H24N2O/c1-9-7-14(8-12(9)13(2)3)10-4-5-11(15)6-10/h9-12,15H,4-8H2,1-3H3. The van der Waals surface area contributed by atoms with Crippen molar-refractivity contribution in [2.45, 2.75) is 44.4 Å². The van der Waals surface area contributed by atoms with Gasteiger partial charge < -0.3 is 10.0 Å². The minimum Gasteiger partial charge on any atom is -0.393 e. The van der Waals surface area contributed by atoms with Crippen molar-refractivity contribution in [3.8, 4) is 0 Å². The molecular weight excluding hydrogens is 188 g/mol. The van der Waals surface area contributed by atoms with Crippen molar-refractivity contribution >= 4 is 0 Å². The fraction of sp³-hybridized carbons (Fsp3) is 1.00. The Kier molecular flexibility index (Phi) is 3.33. The maximum absolute atomic E-state index is 9.56. The summed E-state index contributed by atoms with van der Waals surface area (Å²) >= 11 is 0. The Morgan fingerprint density at radius 2 is 1.93 bits per heavy atom. The molecule has 88 valence electrons. The lowest BCUT2D eigenvalue weighted by molar-refractivity contribution is 0.158. The fourth-order valence-corrected chi connectivity index (χ4v) is 3.22. The lowest BCUT2D eigenvalue weighted by atomic mass is 10.1. The van der Waals surface area contributed by atoms with Gasteiger partial charge >= 0.3 is 0 Å². The third kappa shape index (κ3) is 2.35. The van der Waals surface area contributed by atoms with E-state index in [1.807, 2.05) is 0 Å². The van der Waals surface area contributed by atoms with Crippen LogP contribution in [0.5, 0.6) is 0 Å². The van der Waals surface area contributed by atoms with Gasteiger partial charge in [0.1, 0.15) is 0 Å². The zero-order valence-corrected chi connectivity index (χ0v) is 10.2. The summed E-state index contributed by atoms with van der Waals surface area (Å²) in [6.45, 7) is 4.74. The van der Waals surface area contributed by atoms with Crippen LogP contribution in [0.4, 0.5) is 0 Å². The van der Waals surface area contributed by atoms with Crippen LogP contribution in [0.1, 0.15) is 26.2 Å². The van der Waals surface area contributed by atoms with Crippen LogP contribution in [0, 0.1) is 5.92 Å². The van der Waals surface area contributed by atoms with Crippen LogP contribution in [0.2, 0.25) is 0 Å². The lowest BCUT2D eigenvalue weighted by Gasteiger charge is -2.25. The summed E-state index contributed by atoms with van der Waals surface area (Å²) in [5.74, 6) is 0.762. The first kappa shape index (κ1) is 11.4. The molecule has 15 heavy (non-hydrogen) atoms. The summed E-state index contributed by atoms with van der Waals surface area (Å²) in [5, 5.41) is 9.56. The lowest BCUT2D eigenvalue weighted by Crippen LogP contribution is -2.36. The van der Waals surface area contributed by atoms with Gasteiger partial charge in [0, 0.05) is 25.2 Å². The Balaban J connectivity index is 1.91. The number of aliphatic hydroxyl groups excluding tert-OH is 1. The molecule has 0 radical (unpaired) electrons. The molecule has 4 unspecified atom stereocenters. The fourth-order valence-electron chi connectivity index (χ4n) is 3.22. The summed E-state index contributed by atoms with van der Waals surface area (Å²) in [7, 11) is 4.35. The van der Waals surface area contributed by atoms with Crippen molar-refractivity contribution in [2.24, 2.45) is 5.92 Å². The smallest absolute Gasteiger partial charge is 0.0555 e. The van der Waals surface area contributed by atoms with E-state index in [0.29, 0.717) is 12.1 Å². The molecule has 2 aliphatic rings. The summed E-state index contributed by atoms with van der Waals surface area (Å²) in [6.07, 6.45) is 3.15. The zero-order chi connectivity index (χ0) is 11.0. The van der Waals surface area contributed by atoms with E-state index in [1.165, 1.54) is 19.5 Å². The minimum atomic E-state index is -0.0382. The molecule has 1 aliphatic carbocycles. The third-order valence-electron chi connectivity index (χ3n) is 4.16. The van der Waals surface area contributed by atoms with Crippen molar-refractivity contribution in [1.82, 2.24) is 9.80 Å². The molecule has 1 heterocycles. The minimum absolute atomic E-state index is 0.0382. The molecule has 3 heteroatoms. The van der Waals surface area contributed by atoms with Gasteiger partial charge in [0.2, 0.25) is 0 Å². The number of hydrogen-bond acceptors (Lipinski definition) is 3. The van der Waals surface area contributed by atoms with Gasteiger partial charge in [-0.1, -0.05) is 6.92 Å². The molecule has 0 spiro atoms. The molecular formula is C12H24N2O. The average molecular weight is 212 g/mol. The first-order chi connectivity index (χ1) is 7.08. The molecule has 1 saturated carbocycles. The molecule has 4 atom stereocenters. The summed E-state index contributed by atoms with van der Waals surface area (Å²) in [5.41, 5.74) is 0. The van der Waals surface area contributed by atoms with Crippen LogP contribution < -0.4 is 0 Å². The van der Waals surface area contributed by atoms with Crippen LogP contribution >= 0.6 is 0 Å². The topological polar surface area (TPSA) is 26.7 Å². The molecule has 0 aromatic carbocycles. The molecule has 1 saturated heterocycles. The van der Waals surface area contributed by atoms with Gasteiger partial charge in [0.05, 0.1) is 6.10 Å². The molecule has 0 aromatic heterocycles. The van der Waals surface area contributed by atoms with Crippen LogP contribution in [-0.4, -0.2) is 60.3 Å².